The zero-order chi connectivity index (χ0) is 22.1. The van der Waals surface area contributed by atoms with Gasteiger partial charge in [-0.25, -0.2) is 0 Å². The molecule has 2 aromatic carbocycles. The Hall–Kier alpha value is -2.57. The molecule has 0 saturated carbocycles. The van der Waals surface area contributed by atoms with Crippen LogP contribution >= 0.6 is 0 Å². The summed E-state index contributed by atoms with van der Waals surface area (Å²) in [5.41, 5.74) is 0.748. The Balaban J connectivity index is 1.48. The van der Waals surface area contributed by atoms with E-state index < -0.39 is 6.10 Å². The van der Waals surface area contributed by atoms with E-state index in [2.05, 4.69) is 11.8 Å². The lowest BCUT2D eigenvalue weighted by atomic mass is 10.0. The van der Waals surface area contributed by atoms with Crippen LogP contribution in [0.3, 0.4) is 0 Å². The number of methoxy groups -OCH3 is 1. The average Bonchev–Trinajstić information content (AvgIpc) is 2.83. The molecule has 0 radical (unpaired) electrons. The second kappa shape index (κ2) is 11.7. The van der Waals surface area contributed by atoms with Crippen LogP contribution < -0.4 is 9.47 Å². The first-order chi connectivity index (χ1) is 15.1. The molecule has 1 heterocycles. The molecule has 1 atom stereocenters. The summed E-state index contributed by atoms with van der Waals surface area (Å²) in [6.07, 6.45) is 2.29. The Bertz CT molecular complexity index is 789. The van der Waals surface area contributed by atoms with E-state index in [0.717, 1.165) is 56.0 Å². The van der Waals surface area contributed by atoms with E-state index in [9.17, 15) is 9.90 Å². The van der Waals surface area contributed by atoms with Crippen LogP contribution in [-0.4, -0.2) is 72.9 Å². The van der Waals surface area contributed by atoms with Gasteiger partial charge < -0.3 is 19.5 Å². The van der Waals surface area contributed by atoms with Crippen molar-refractivity contribution in [2.24, 2.45) is 0 Å². The number of rotatable bonds is 10. The number of benzene rings is 2. The van der Waals surface area contributed by atoms with Crippen LogP contribution in [0.5, 0.6) is 11.5 Å². The van der Waals surface area contributed by atoms with E-state index in [1.54, 1.807) is 7.11 Å². The number of amides is 1. The van der Waals surface area contributed by atoms with Crippen LogP contribution in [0.4, 0.5) is 0 Å². The normalized spacial score (nSPS) is 15.7. The molecule has 6 heteroatoms. The predicted molar refractivity (Wildman–Crippen MR) is 122 cm³/mol. The summed E-state index contributed by atoms with van der Waals surface area (Å²) < 4.78 is 10.9. The first-order valence-electron chi connectivity index (χ1n) is 11.1. The molecule has 1 saturated heterocycles. The molecular formula is C25H34N2O4. The molecule has 168 valence electrons. The molecule has 6 nitrogen and oxygen atoms in total. The minimum absolute atomic E-state index is 0.106. The zero-order valence-corrected chi connectivity index (χ0v) is 18.6. The summed E-state index contributed by atoms with van der Waals surface area (Å²) in [6, 6.07) is 17.2. The number of piperidine rings is 1. The molecule has 1 aliphatic heterocycles. The van der Waals surface area contributed by atoms with Gasteiger partial charge in [-0.05, 0) is 62.2 Å². The molecule has 3 rings (SSSR count). The van der Waals surface area contributed by atoms with Gasteiger partial charge in [-0.15, -0.1) is 0 Å². The Morgan fingerprint density at radius 3 is 2.35 bits per heavy atom. The maximum atomic E-state index is 12.7. The van der Waals surface area contributed by atoms with Gasteiger partial charge in [0.2, 0.25) is 0 Å². The van der Waals surface area contributed by atoms with Crippen LogP contribution in [-0.2, 0) is 0 Å². The van der Waals surface area contributed by atoms with E-state index >= 15 is 0 Å². The number of aliphatic hydroxyl groups is 1. The molecule has 1 aliphatic rings. The SMILES string of the molecule is CCCN(CC(O)COc1ccc(OC)cc1)C1CCN(C(=O)c2ccccc2)CC1. The minimum Gasteiger partial charge on any atom is -0.497 e. The summed E-state index contributed by atoms with van der Waals surface area (Å²) >= 11 is 0. The lowest BCUT2D eigenvalue weighted by molar-refractivity contribution is 0.0322. The summed E-state index contributed by atoms with van der Waals surface area (Å²) in [6.45, 7) is 5.39. The molecule has 0 bridgehead atoms. The van der Waals surface area contributed by atoms with Crippen LogP contribution in [0.25, 0.3) is 0 Å². The van der Waals surface area contributed by atoms with Crippen molar-refractivity contribution in [3.05, 3.63) is 60.2 Å². The fraction of sp³-hybridized carbons (Fsp3) is 0.480. The van der Waals surface area contributed by atoms with Gasteiger partial charge in [0.05, 0.1) is 7.11 Å². The topological polar surface area (TPSA) is 62.2 Å². The summed E-state index contributed by atoms with van der Waals surface area (Å²) in [4.78, 5) is 17.0. The number of aliphatic hydroxyl groups excluding tert-OH is 1. The van der Waals surface area contributed by atoms with Crippen LogP contribution in [0, 0.1) is 0 Å². The molecule has 31 heavy (non-hydrogen) atoms. The highest BCUT2D eigenvalue weighted by Crippen LogP contribution is 2.20. The van der Waals surface area contributed by atoms with Crippen LogP contribution in [0.1, 0.15) is 36.5 Å². The van der Waals surface area contributed by atoms with E-state index in [-0.39, 0.29) is 12.5 Å². The van der Waals surface area contributed by atoms with E-state index in [1.807, 2.05) is 59.5 Å². The number of ether oxygens (including phenoxy) is 2. The lowest BCUT2D eigenvalue weighted by Gasteiger charge is -2.39. The molecule has 1 fully saturated rings. The number of carbonyl (C=O) groups excluding carboxylic acids is 1. The van der Waals surface area contributed by atoms with Crippen molar-refractivity contribution in [2.45, 2.75) is 38.3 Å². The minimum atomic E-state index is -0.572. The quantitative estimate of drug-likeness (QED) is 0.631. The second-order valence-corrected chi connectivity index (χ2v) is 8.02. The second-order valence-electron chi connectivity index (χ2n) is 8.02. The highest BCUT2D eigenvalue weighted by molar-refractivity contribution is 5.94. The third-order valence-electron chi connectivity index (χ3n) is 5.75. The summed E-state index contributed by atoms with van der Waals surface area (Å²) in [7, 11) is 1.63. The number of hydrogen-bond donors (Lipinski definition) is 1. The first kappa shape index (κ1) is 23.1. The van der Waals surface area contributed by atoms with Gasteiger partial charge in [-0.2, -0.15) is 0 Å². The summed E-state index contributed by atoms with van der Waals surface area (Å²) in [5.74, 6) is 1.60. The standard InChI is InChI=1S/C25H34N2O4/c1-3-15-27(18-22(28)19-31-24-11-9-23(30-2)10-12-24)21-13-16-26(17-14-21)25(29)20-7-5-4-6-8-20/h4-12,21-22,28H,3,13-19H2,1-2H3. The monoisotopic (exact) mass is 426 g/mol. The highest BCUT2D eigenvalue weighted by Gasteiger charge is 2.28. The van der Waals surface area contributed by atoms with Gasteiger partial charge in [0, 0.05) is 31.2 Å². The largest absolute Gasteiger partial charge is 0.497 e. The van der Waals surface area contributed by atoms with Crippen molar-refractivity contribution in [3.63, 3.8) is 0 Å². The Kier molecular flexibility index (Phi) is 8.74. The third kappa shape index (κ3) is 6.71. The maximum absolute atomic E-state index is 12.7. The molecule has 1 N–H and O–H groups in total. The Morgan fingerprint density at radius 1 is 1.10 bits per heavy atom. The number of hydrogen-bond acceptors (Lipinski definition) is 5. The van der Waals surface area contributed by atoms with Gasteiger partial charge >= 0.3 is 0 Å². The molecule has 0 aliphatic carbocycles. The van der Waals surface area contributed by atoms with E-state index in [1.165, 1.54) is 0 Å². The van der Waals surface area contributed by atoms with Crippen molar-refractivity contribution < 1.29 is 19.4 Å². The third-order valence-corrected chi connectivity index (χ3v) is 5.75. The van der Waals surface area contributed by atoms with Crippen molar-refractivity contribution in [3.8, 4) is 11.5 Å². The number of nitrogens with zero attached hydrogens (tertiary/aromatic N) is 2. The molecule has 2 aromatic rings. The molecule has 1 amide bonds. The molecular weight excluding hydrogens is 392 g/mol. The molecule has 0 spiro atoms. The maximum Gasteiger partial charge on any atom is 0.253 e. The highest BCUT2D eigenvalue weighted by atomic mass is 16.5. The van der Waals surface area contributed by atoms with Gasteiger partial charge in [0.25, 0.3) is 5.91 Å². The molecule has 1 unspecified atom stereocenters. The first-order valence-corrected chi connectivity index (χ1v) is 11.1. The van der Waals surface area contributed by atoms with Gasteiger partial charge in [0.15, 0.2) is 0 Å². The van der Waals surface area contributed by atoms with Gasteiger partial charge in [0.1, 0.15) is 24.2 Å². The van der Waals surface area contributed by atoms with Crippen LogP contribution in [0.2, 0.25) is 0 Å². The smallest absolute Gasteiger partial charge is 0.253 e. The summed E-state index contributed by atoms with van der Waals surface area (Å²) in [5, 5.41) is 10.6. The fourth-order valence-corrected chi connectivity index (χ4v) is 4.10. The van der Waals surface area contributed by atoms with Gasteiger partial charge in [-0.3, -0.25) is 9.69 Å². The van der Waals surface area contributed by atoms with Crippen molar-refractivity contribution in [1.29, 1.82) is 0 Å². The average molecular weight is 427 g/mol. The lowest BCUT2D eigenvalue weighted by Crippen LogP contribution is -2.49. The Labute approximate surface area is 185 Å². The van der Waals surface area contributed by atoms with Crippen molar-refractivity contribution in [2.75, 3.05) is 39.9 Å². The van der Waals surface area contributed by atoms with E-state index in [0.29, 0.717) is 12.6 Å². The van der Waals surface area contributed by atoms with E-state index in [4.69, 9.17) is 9.47 Å². The van der Waals surface area contributed by atoms with Gasteiger partial charge in [-0.1, -0.05) is 25.1 Å². The predicted octanol–water partition coefficient (Wildman–Crippen LogP) is 3.45. The fourth-order valence-electron chi connectivity index (χ4n) is 4.10. The Morgan fingerprint density at radius 2 is 1.74 bits per heavy atom. The zero-order valence-electron chi connectivity index (χ0n) is 18.6. The van der Waals surface area contributed by atoms with Crippen LogP contribution in [0.15, 0.2) is 54.6 Å². The number of carbonyl (C=O) groups is 1. The number of likely N-dealkylation sites (tertiary alicyclic amines) is 1. The van der Waals surface area contributed by atoms with Crippen molar-refractivity contribution >= 4 is 5.91 Å². The molecule has 0 aromatic heterocycles. The van der Waals surface area contributed by atoms with Crippen molar-refractivity contribution in [1.82, 2.24) is 9.80 Å².